The minimum Gasteiger partial charge on any atom is -0.497 e. The summed E-state index contributed by atoms with van der Waals surface area (Å²) < 4.78 is 5.20. The second-order valence-corrected chi connectivity index (χ2v) is 7.01. The molecule has 1 aliphatic heterocycles. The number of nitrogens with zero attached hydrogens (tertiary/aromatic N) is 1. The SMILES string of the molecule is COc1cccc(CC(=O)N2CCC(NC(=O)[C@H]3C[C@H]3C)CC2)c1. The molecule has 0 unspecified atom stereocenters. The zero-order valence-electron chi connectivity index (χ0n) is 14.5. The molecule has 5 nitrogen and oxygen atoms in total. The smallest absolute Gasteiger partial charge is 0.226 e. The van der Waals surface area contributed by atoms with Gasteiger partial charge in [0.25, 0.3) is 0 Å². The molecule has 5 heteroatoms. The summed E-state index contributed by atoms with van der Waals surface area (Å²) in [4.78, 5) is 26.4. The van der Waals surface area contributed by atoms with E-state index in [2.05, 4.69) is 12.2 Å². The summed E-state index contributed by atoms with van der Waals surface area (Å²) in [7, 11) is 1.63. The maximum absolute atomic E-state index is 12.5. The van der Waals surface area contributed by atoms with Gasteiger partial charge in [-0.1, -0.05) is 19.1 Å². The second-order valence-electron chi connectivity index (χ2n) is 7.01. The molecule has 1 heterocycles. The summed E-state index contributed by atoms with van der Waals surface area (Å²) in [5, 5.41) is 3.14. The zero-order valence-corrected chi connectivity index (χ0v) is 14.5. The van der Waals surface area contributed by atoms with Gasteiger partial charge >= 0.3 is 0 Å². The lowest BCUT2D eigenvalue weighted by Crippen LogP contribution is -2.47. The first-order valence-electron chi connectivity index (χ1n) is 8.78. The average Bonchev–Trinajstić information content (AvgIpc) is 3.32. The van der Waals surface area contributed by atoms with Crippen molar-refractivity contribution in [2.75, 3.05) is 20.2 Å². The molecule has 0 radical (unpaired) electrons. The van der Waals surface area contributed by atoms with Crippen molar-refractivity contribution in [2.24, 2.45) is 11.8 Å². The zero-order chi connectivity index (χ0) is 17.1. The van der Waals surface area contributed by atoms with Crippen molar-refractivity contribution in [3.05, 3.63) is 29.8 Å². The largest absolute Gasteiger partial charge is 0.497 e. The van der Waals surface area contributed by atoms with Crippen molar-refractivity contribution < 1.29 is 14.3 Å². The monoisotopic (exact) mass is 330 g/mol. The molecule has 0 aromatic heterocycles. The Balaban J connectivity index is 1.45. The van der Waals surface area contributed by atoms with Crippen molar-refractivity contribution in [1.29, 1.82) is 0 Å². The number of nitrogens with one attached hydrogen (secondary N) is 1. The van der Waals surface area contributed by atoms with Crippen LogP contribution in [0.1, 0.15) is 31.7 Å². The highest BCUT2D eigenvalue weighted by Gasteiger charge is 2.40. The minimum atomic E-state index is 0.142. The molecule has 1 aromatic carbocycles. The molecular formula is C19H26N2O3. The molecule has 0 bridgehead atoms. The first-order chi connectivity index (χ1) is 11.6. The predicted octanol–water partition coefficient (Wildman–Crippen LogP) is 2.00. The number of ether oxygens (including phenoxy) is 1. The van der Waals surface area contributed by atoms with E-state index in [1.807, 2.05) is 29.2 Å². The molecule has 2 fully saturated rings. The number of hydrogen-bond donors (Lipinski definition) is 1. The third-order valence-corrected chi connectivity index (χ3v) is 5.13. The van der Waals surface area contributed by atoms with Crippen molar-refractivity contribution in [3.63, 3.8) is 0 Å². The normalized spacial score (nSPS) is 23.7. The molecule has 1 saturated heterocycles. The van der Waals surface area contributed by atoms with Crippen LogP contribution >= 0.6 is 0 Å². The van der Waals surface area contributed by atoms with Gasteiger partial charge in [0, 0.05) is 25.0 Å². The minimum absolute atomic E-state index is 0.142. The van der Waals surface area contributed by atoms with Crippen LogP contribution in [0.3, 0.4) is 0 Å². The van der Waals surface area contributed by atoms with E-state index in [1.165, 1.54) is 0 Å². The van der Waals surface area contributed by atoms with Gasteiger partial charge in [-0.15, -0.1) is 0 Å². The topological polar surface area (TPSA) is 58.6 Å². The van der Waals surface area contributed by atoms with Crippen LogP contribution in [0.25, 0.3) is 0 Å². The molecule has 1 N–H and O–H groups in total. The van der Waals surface area contributed by atoms with E-state index in [4.69, 9.17) is 4.74 Å². The Hall–Kier alpha value is -2.04. The van der Waals surface area contributed by atoms with Gasteiger partial charge in [0.1, 0.15) is 5.75 Å². The molecule has 2 amide bonds. The van der Waals surface area contributed by atoms with Crippen LogP contribution in [0.2, 0.25) is 0 Å². The van der Waals surface area contributed by atoms with Gasteiger partial charge in [-0.2, -0.15) is 0 Å². The van der Waals surface area contributed by atoms with Crippen molar-refractivity contribution >= 4 is 11.8 Å². The molecule has 24 heavy (non-hydrogen) atoms. The van der Waals surface area contributed by atoms with Gasteiger partial charge in [-0.3, -0.25) is 9.59 Å². The average molecular weight is 330 g/mol. The third-order valence-electron chi connectivity index (χ3n) is 5.13. The Kier molecular flexibility index (Phi) is 5.07. The van der Waals surface area contributed by atoms with E-state index in [1.54, 1.807) is 7.11 Å². The Labute approximate surface area is 143 Å². The molecule has 1 aliphatic carbocycles. The maximum Gasteiger partial charge on any atom is 0.226 e. The van der Waals surface area contributed by atoms with Crippen LogP contribution in [0, 0.1) is 11.8 Å². The van der Waals surface area contributed by atoms with E-state index in [9.17, 15) is 9.59 Å². The summed E-state index contributed by atoms with van der Waals surface area (Å²) in [5.41, 5.74) is 0.970. The fourth-order valence-corrected chi connectivity index (χ4v) is 3.34. The molecule has 1 aromatic rings. The summed E-state index contributed by atoms with van der Waals surface area (Å²) >= 11 is 0. The van der Waals surface area contributed by atoms with Crippen molar-refractivity contribution in [3.8, 4) is 5.75 Å². The van der Waals surface area contributed by atoms with Crippen LogP contribution in [-0.4, -0.2) is 43.0 Å². The van der Waals surface area contributed by atoms with E-state index in [0.29, 0.717) is 25.4 Å². The Morgan fingerprint density at radius 1 is 1.29 bits per heavy atom. The van der Waals surface area contributed by atoms with Crippen LogP contribution in [0.15, 0.2) is 24.3 Å². The van der Waals surface area contributed by atoms with E-state index >= 15 is 0 Å². The van der Waals surface area contributed by atoms with E-state index < -0.39 is 0 Å². The van der Waals surface area contributed by atoms with Crippen LogP contribution < -0.4 is 10.1 Å². The Bertz CT molecular complexity index is 608. The van der Waals surface area contributed by atoms with Crippen LogP contribution in [-0.2, 0) is 16.0 Å². The number of carbonyl (C=O) groups is 2. The van der Waals surface area contributed by atoms with Gasteiger partial charge in [-0.25, -0.2) is 0 Å². The summed E-state index contributed by atoms with van der Waals surface area (Å²) in [6.45, 7) is 3.55. The number of methoxy groups -OCH3 is 1. The number of benzene rings is 1. The Morgan fingerprint density at radius 2 is 2.00 bits per heavy atom. The number of amides is 2. The number of carbonyl (C=O) groups excluding carboxylic acids is 2. The van der Waals surface area contributed by atoms with Crippen molar-refractivity contribution in [1.82, 2.24) is 10.2 Å². The fraction of sp³-hybridized carbons (Fsp3) is 0.579. The molecule has 2 atom stereocenters. The quantitative estimate of drug-likeness (QED) is 0.898. The molecule has 0 spiro atoms. The summed E-state index contributed by atoms with van der Waals surface area (Å²) in [5.74, 6) is 1.87. The highest BCUT2D eigenvalue weighted by atomic mass is 16.5. The molecule has 2 aliphatic rings. The number of likely N-dealkylation sites (tertiary alicyclic amines) is 1. The van der Waals surface area contributed by atoms with Crippen molar-refractivity contribution in [2.45, 2.75) is 38.6 Å². The van der Waals surface area contributed by atoms with E-state index in [0.717, 1.165) is 30.6 Å². The lowest BCUT2D eigenvalue weighted by molar-refractivity contribution is -0.131. The lowest BCUT2D eigenvalue weighted by Gasteiger charge is -2.32. The van der Waals surface area contributed by atoms with Gasteiger partial charge in [0.2, 0.25) is 11.8 Å². The highest BCUT2D eigenvalue weighted by molar-refractivity contribution is 5.82. The van der Waals surface area contributed by atoms with Crippen LogP contribution in [0.4, 0.5) is 0 Å². The van der Waals surface area contributed by atoms with Gasteiger partial charge in [0.05, 0.1) is 13.5 Å². The molecule has 3 rings (SSSR count). The van der Waals surface area contributed by atoms with Gasteiger partial charge < -0.3 is 15.0 Å². The number of hydrogen-bond acceptors (Lipinski definition) is 3. The Morgan fingerprint density at radius 3 is 2.62 bits per heavy atom. The number of piperidine rings is 1. The highest BCUT2D eigenvalue weighted by Crippen LogP contribution is 2.37. The standard InChI is InChI=1S/C19H26N2O3/c1-13-10-17(13)19(23)20-15-6-8-21(9-7-15)18(22)12-14-4-3-5-16(11-14)24-2/h3-5,11,13,15,17H,6-10,12H2,1-2H3,(H,20,23)/t13-,17+/m1/s1. The molecule has 1 saturated carbocycles. The maximum atomic E-state index is 12.5. The lowest BCUT2D eigenvalue weighted by atomic mass is 10.0. The second kappa shape index (κ2) is 7.24. The summed E-state index contributed by atoms with van der Waals surface area (Å²) in [6.07, 6.45) is 3.10. The van der Waals surface area contributed by atoms with Gasteiger partial charge in [-0.05, 0) is 42.9 Å². The first-order valence-corrected chi connectivity index (χ1v) is 8.78. The van der Waals surface area contributed by atoms with Crippen LogP contribution in [0.5, 0.6) is 5.75 Å². The van der Waals surface area contributed by atoms with E-state index in [-0.39, 0.29) is 23.8 Å². The molecule has 130 valence electrons. The third kappa shape index (κ3) is 4.08. The first kappa shape index (κ1) is 16.8. The summed E-state index contributed by atoms with van der Waals surface area (Å²) in [6, 6.07) is 7.85. The number of rotatable bonds is 5. The fourth-order valence-electron chi connectivity index (χ4n) is 3.34. The van der Waals surface area contributed by atoms with Gasteiger partial charge in [0.15, 0.2) is 0 Å². The molecular weight excluding hydrogens is 304 g/mol. The predicted molar refractivity (Wildman–Crippen MR) is 91.7 cm³/mol.